The number of carbonyl (C=O) groups is 1. The van der Waals surface area contributed by atoms with Crippen molar-refractivity contribution in [2.24, 2.45) is 0 Å². The van der Waals surface area contributed by atoms with Crippen LogP contribution in [0.25, 0.3) is 17.2 Å². The molecule has 0 bridgehead atoms. The van der Waals surface area contributed by atoms with Gasteiger partial charge in [-0.2, -0.15) is 9.50 Å². The van der Waals surface area contributed by atoms with Gasteiger partial charge in [0.15, 0.2) is 5.82 Å². The predicted molar refractivity (Wildman–Crippen MR) is 103 cm³/mol. The molecular weight excluding hydrogens is 389 g/mol. The summed E-state index contributed by atoms with van der Waals surface area (Å²) in [5, 5.41) is 8.16. The van der Waals surface area contributed by atoms with E-state index in [-0.39, 0.29) is 11.6 Å². The third-order valence-corrected chi connectivity index (χ3v) is 4.29. The van der Waals surface area contributed by atoms with Crippen molar-refractivity contribution in [3.8, 4) is 11.4 Å². The van der Waals surface area contributed by atoms with E-state index in [0.29, 0.717) is 21.4 Å². The molecule has 2 N–H and O–H groups in total. The molecule has 134 valence electrons. The lowest BCUT2D eigenvalue weighted by atomic mass is 10.2. The third-order valence-electron chi connectivity index (χ3n) is 3.79. The van der Waals surface area contributed by atoms with Crippen LogP contribution < -0.4 is 10.9 Å². The van der Waals surface area contributed by atoms with Crippen molar-refractivity contribution in [1.82, 2.24) is 19.6 Å². The Morgan fingerprint density at radius 3 is 2.30 bits per heavy atom. The van der Waals surface area contributed by atoms with Crippen molar-refractivity contribution in [3.05, 3.63) is 80.6 Å². The lowest BCUT2D eigenvalue weighted by Gasteiger charge is -2.06. The van der Waals surface area contributed by atoms with Crippen LogP contribution in [0.2, 0.25) is 10.0 Å². The molecule has 9 heteroatoms. The van der Waals surface area contributed by atoms with E-state index < -0.39 is 11.5 Å². The number of H-pyrrole nitrogens is 1. The van der Waals surface area contributed by atoms with Crippen LogP contribution in [0.1, 0.15) is 10.4 Å². The molecule has 0 atom stereocenters. The molecule has 0 fully saturated rings. The molecule has 0 unspecified atom stereocenters. The molecule has 0 saturated carbocycles. The second kappa shape index (κ2) is 6.86. The van der Waals surface area contributed by atoms with Crippen LogP contribution in [-0.4, -0.2) is 25.5 Å². The van der Waals surface area contributed by atoms with Crippen LogP contribution in [0, 0.1) is 0 Å². The zero-order valence-corrected chi connectivity index (χ0v) is 15.1. The molecule has 0 saturated heterocycles. The number of nitrogens with zero attached hydrogens (tertiary/aromatic N) is 3. The highest BCUT2D eigenvalue weighted by Gasteiger charge is 2.14. The molecule has 27 heavy (non-hydrogen) atoms. The topological polar surface area (TPSA) is 92.1 Å². The number of hydrogen-bond donors (Lipinski definition) is 2. The highest BCUT2D eigenvalue weighted by Crippen LogP contribution is 2.20. The maximum absolute atomic E-state index is 12.5. The lowest BCUT2D eigenvalue weighted by molar-refractivity contribution is 0.102. The first-order chi connectivity index (χ1) is 13.0. The third kappa shape index (κ3) is 3.55. The standard InChI is InChI=1S/C18H11Cl2N5O2/c19-12-5-1-10(2-6-12)16-23-18-22-15(26)9-14(25(18)24-16)21-17(27)11-3-7-13(20)8-4-11/h1-9H,(H,21,27)(H,22,23,24,26). The molecule has 0 aliphatic heterocycles. The second-order valence-electron chi connectivity index (χ2n) is 5.66. The number of carbonyl (C=O) groups excluding carboxylic acids is 1. The van der Waals surface area contributed by atoms with Gasteiger partial charge in [0.25, 0.3) is 11.5 Å². The molecule has 0 radical (unpaired) electrons. The zero-order chi connectivity index (χ0) is 19.0. The van der Waals surface area contributed by atoms with E-state index in [1.165, 1.54) is 10.6 Å². The van der Waals surface area contributed by atoms with Crippen molar-refractivity contribution >= 4 is 40.7 Å². The number of amides is 1. The Bertz CT molecular complexity index is 1200. The summed E-state index contributed by atoms with van der Waals surface area (Å²) >= 11 is 11.7. The molecule has 0 spiro atoms. The smallest absolute Gasteiger partial charge is 0.256 e. The van der Waals surface area contributed by atoms with Gasteiger partial charge in [0, 0.05) is 27.2 Å². The fourth-order valence-corrected chi connectivity index (χ4v) is 2.74. The minimum absolute atomic E-state index is 0.196. The van der Waals surface area contributed by atoms with Crippen molar-refractivity contribution < 1.29 is 4.79 Å². The van der Waals surface area contributed by atoms with E-state index in [1.54, 1.807) is 48.5 Å². The Labute approximate surface area is 162 Å². The Morgan fingerprint density at radius 1 is 1.00 bits per heavy atom. The maximum Gasteiger partial charge on any atom is 0.256 e. The maximum atomic E-state index is 12.5. The SMILES string of the molecule is O=C(Nc1cc(=O)[nH]c2nc(-c3ccc(Cl)cc3)nn12)c1ccc(Cl)cc1. The van der Waals surface area contributed by atoms with Gasteiger partial charge in [-0.05, 0) is 48.5 Å². The number of fused-ring (bicyclic) bond motifs is 1. The Morgan fingerprint density at radius 2 is 1.63 bits per heavy atom. The van der Waals surface area contributed by atoms with E-state index in [2.05, 4.69) is 20.4 Å². The number of rotatable bonds is 3. The van der Waals surface area contributed by atoms with Crippen LogP contribution in [0.5, 0.6) is 0 Å². The summed E-state index contributed by atoms with van der Waals surface area (Å²) in [5.41, 5.74) is 0.703. The van der Waals surface area contributed by atoms with Crippen LogP contribution >= 0.6 is 23.2 Å². The first kappa shape index (κ1) is 17.3. The first-order valence-corrected chi connectivity index (χ1v) is 8.58. The summed E-state index contributed by atoms with van der Waals surface area (Å²) in [4.78, 5) is 31.3. The largest absolute Gasteiger partial charge is 0.306 e. The molecule has 0 aliphatic carbocycles. The fraction of sp³-hybridized carbons (Fsp3) is 0. The van der Waals surface area contributed by atoms with Gasteiger partial charge in [-0.15, -0.1) is 5.10 Å². The molecule has 2 aromatic carbocycles. The van der Waals surface area contributed by atoms with Gasteiger partial charge in [-0.1, -0.05) is 23.2 Å². The van der Waals surface area contributed by atoms with Gasteiger partial charge in [-0.3, -0.25) is 14.6 Å². The normalized spacial score (nSPS) is 10.9. The first-order valence-electron chi connectivity index (χ1n) is 7.82. The number of anilines is 1. The van der Waals surface area contributed by atoms with Gasteiger partial charge in [0.2, 0.25) is 5.78 Å². The Hall–Kier alpha value is -3.16. The molecular formula is C18H11Cl2N5O2. The van der Waals surface area contributed by atoms with Gasteiger partial charge < -0.3 is 5.32 Å². The minimum atomic E-state index is -0.413. The lowest BCUT2D eigenvalue weighted by Crippen LogP contribution is -2.18. The number of nitrogens with one attached hydrogen (secondary N) is 2. The quantitative estimate of drug-likeness (QED) is 0.549. The molecule has 2 aromatic heterocycles. The highest BCUT2D eigenvalue weighted by molar-refractivity contribution is 6.31. The summed E-state index contributed by atoms with van der Waals surface area (Å²) in [6.45, 7) is 0. The highest BCUT2D eigenvalue weighted by atomic mass is 35.5. The number of aromatic amines is 1. The van der Waals surface area contributed by atoms with Crippen LogP contribution in [0.3, 0.4) is 0 Å². The van der Waals surface area contributed by atoms with Gasteiger partial charge in [0.05, 0.1) is 0 Å². The Kier molecular flexibility index (Phi) is 4.39. The number of halogens is 2. The van der Waals surface area contributed by atoms with Crippen molar-refractivity contribution in [2.45, 2.75) is 0 Å². The van der Waals surface area contributed by atoms with Gasteiger partial charge in [0.1, 0.15) is 5.82 Å². The van der Waals surface area contributed by atoms with Crippen LogP contribution in [-0.2, 0) is 0 Å². The van der Waals surface area contributed by atoms with E-state index in [9.17, 15) is 9.59 Å². The van der Waals surface area contributed by atoms with Crippen molar-refractivity contribution in [1.29, 1.82) is 0 Å². The fourth-order valence-electron chi connectivity index (χ4n) is 2.49. The summed E-state index contributed by atoms with van der Waals surface area (Å²) in [6, 6.07) is 14.6. The summed E-state index contributed by atoms with van der Waals surface area (Å²) in [5.74, 6) is 0.387. The second-order valence-corrected chi connectivity index (χ2v) is 6.53. The molecule has 4 aromatic rings. The molecule has 4 rings (SSSR count). The molecule has 2 heterocycles. The molecule has 7 nitrogen and oxygen atoms in total. The van der Waals surface area contributed by atoms with Crippen molar-refractivity contribution in [2.75, 3.05) is 5.32 Å². The monoisotopic (exact) mass is 399 g/mol. The van der Waals surface area contributed by atoms with Crippen LogP contribution in [0.4, 0.5) is 5.82 Å². The number of aromatic nitrogens is 4. The van der Waals surface area contributed by atoms with Gasteiger partial charge in [-0.25, -0.2) is 0 Å². The van der Waals surface area contributed by atoms with E-state index in [0.717, 1.165) is 5.56 Å². The molecule has 0 aliphatic rings. The number of hydrogen-bond acceptors (Lipinski definition) is 4. The van der Waals surface area contributed by atoms with E-state index in [1.807, 2.05) is 0 Å². The summed E-state index contributed by atoms with van der Waals surface area (Å²) in [6.07, 6.45) is 0. The average Bonchev–Trinajstić information content (AvgIpc) is 3.07. The summed E-state index contributed by atoms with van der Waals surface area (Å²) < 4.78 is 1.36. The van der Waals surface area contributed by atoms with E-state index >= 15 is 0 Å². The molecule has 1 amide bonds. The van der Waals surface area contributed by atoms with E-state index in [4.69, 9.17) is 23.2 Å². The minimum Gasteiger partial charge on any atom is -0.306 e. The predicted octanol–water partition coefficient (Wildman–Crippen LogP) is 3.64. The zero-order valence-electron chi connectivity index (χ0n) is 13.6. The van der Waals surface area contributed by atoms with Gasteiger partial charge >= 0.3 is 0 Å². The van der Waals surface area contributed by atoms with Crippen LogP contribution in [0.15, 0.2) is 59.4 Å². The Balaban J connectivity index is 1.74. The van der Waals surface area contributed by atoms with Crippen molar-refractivity contribution in [3.63, 3.8) is 0 Å². The number of benzene rings is 2. The summed E-state index contributed by atoms with van der Waals surface area (Å²) in [7, 11) is 0. The average molecular weight is 400 g/mol.